The van der Waals surface area contributed by atoms with Crippen molar-refractivity contribution in [2.45, 2.75) is 51.6 Å². The normalized spacial score (nSPS) is 19.9. The molecule has 1 aromatic rings. The molecule has 25 heavy (non-hydrogen) atoms. The van der Waals surface area contributed by atoms with Gasteiger partial charge < -0.3 is 20.0 Å². The van der Waals surface area contributed by atoms with Crippen molar-refractivity contribution in [1.29, 1.82) is 0 Å². The van der Waals surface area contributed by atoms with Gasteiger partial charge in [-0.25, -0.2) is 0 Å². The summed E-state index contributed by atoms with van der Waals surface area (Å²) in [4.78, 5) is 27.0. The average Bonchev–Trinajstić information content (AvgIpc) is 3.28. The quantitative estimate of drug-likeness (QED) is 0.791. The van der Waals surface area contributed by atoms with Gasteiger partial charge in [-0.1, -0.05) is 13.8 Å². The molecule has 2 fully saturated rings. The molecule has 2 amide bonds. The van der Waals surface area contributed by atoms with E-state index in [-0.39, 0.29) is 23.5 Å². The summed E-state index contributed by atoms with van der Waals surface area (Å²) in [6.45, 7) is 6.53. The first-order valence-electron chi connectivity index (χ1n) is 9.41. The van der Waals surface area contributed by atoms with Gasteiger partial charge in [0.1, 0.15) is 6.04 Å². The van der Waals surface area contributed by atoms with Crippen LogP contribution < -0.4 is 10.6 Å². The van der Waals surface area contributed by atoms with E-state index in [9.17, 15) is 9.59 Å². The van der Waals surface area contributed by atoms with Crippen LogP contribution in [0.2, 0.25) is 0 Å². The maximum atomic E-state index is 12.9. The summed E-state index contributed by atoms with van der Waals surface area (Å²) in [5, 5.41) is 6.46. The topological polar surface area (TPSA) is 74.6 Å². The van der Waals surface area contributed by atoms with Gasteiger partial charge in [0, 0.05) is 19.1 Å². The van der Waals surface area contributed by atoms with Crippen LogP contribution >= 0.6 is 0 Å². The number of likely N-dealkylation sites (tertiary alicyclic amines) is 1. The molecule has 1 unspecified atom stereocenters. The lowest BCUT2D eigenvalue weighted by Crippen LogP contribution is -2.54. The third-order valence-electron chi connectivity index (χ3n) is 5.16. The van der Waals surface area contributed by atoms with Gasteiger partial charge in [0.05, 0.1) is 6.26 Å². The van der Waals surface area contributed by atoms with E-state index in [1.54, 1.807) is 12.1 Å². The predicted molar refractivity (Wildman–Crippen MR) is 95.1 cm³/mol. The minimum Gasteiger partial charge on any atom is -0.459 e. The molecule has 1 aliphatic heterocycles. The van der Waals surface area contributed by atoms with Gasteiger partial charge in [0.15, 0.2) is 5.76 Å². The van der Waals surface area contributed by atoms with Crippen molar-refractivity contribution in [2.24, 2.45) is 11.8 Å². The summed E-state index contributed by atoms with van der Waals surface area (Å²) in [7, 11) is 0. The van der Waals surface area contributed by atoms with Gasteiger partial charge >= 0.3 is 0 Å². The highest BCUT2D eigenvalue weighted by Gasteiger charge is 2.32. The molecule has 2 N–H and O–H groups in total. The molecule has 2 heterocycles. The number of hydrogen-bond acceptors (Lipinski definition) is 4. The Balaban J connectivity index is 1.51. The van der Waals surface area contributed by atoms with Crippen LogP contribution in [0.25, 0.3) is 0 Å². The number of rotatable bonds is 7. The van der Waals surface area contributed by atoms with Crippen molar-refractivity contribution < 1.29 is 14.0 Å². The van der Waals surface area contributed by atoms with E-state index in [0.717, 1.165) is 38.4 Å². The zero-order valence-electron chi connectivity index (χ0n) is 15.2. The lowest BCUT2D eigenvalue weighted by Gasteiger charge is -2.35. The number of furan rings is 1. The van der Waals surface area contributed by atoms with Crippen molar-refractivity contribution in [2.75, 3.05) is 19.6 Å². The van der Waals surface area contributed by atoms with Gasteiger partial charge in [0.25, 0.3) is 5.91 Å². The van der Waals surface area contributed by atoms with Gasteiger partial charge in [-0.15, -0.1) is 0 Å². The standard InChI is InChI=1S/C19H29N3O3/c1-13(2)17(21-18(23)16-4-3-11-25-16)19(24)22-9-7-15(8-10-22)20-12-14-5-6-14/h3-4,11,13-15,17,20H,5-10,12H2,1-2H3,(H,21,23). The van der Waals surface area contributed by atoms with E-state index in [0.29, 0.717) is 6.04 Å². The van der Waals surface area contributed by atoms with Crippen molar-refractivity contribution in [1.82, 2.24) is 15.5 Å². The molecule has 0 spiro atoms. The molecule has 1 saturated heterocycles. The van der Waals surface area contributed by atoms with Crippen LogP contribution in [-0.4, -0.2) is 48.4 Å². The van der Waals surface area contributed by atoms with Crippen molar-refractivity contribution in [3.05, 3.63) is 24.2 Å². The SMILES string of the molecule is CC(C)C(NC(=O)c1ccco1)C(=O)N1CCC(NCC2CC2)CC1. The van der Waals surface area contributed by atoms with Crippen molar-refractivity contribution in [3.8, 4) is 0 Å². The zero-order valence-corrected chi connectivity index (χ0v) is 15.2. The van der Waals surface area contributed by atoms with Crippen LogP contribution in [0.4, 0.5) is 0 Å². The first-order chi connectivity index (χ1) is 12.0. The Hall–Kier alpha value is -1.82. The summed E-state index contributed by atoms with van der Waals surface area (Å²) in [6, 6.07) is 3.27. The smallest absolute Gasteiger partial charge is 0.287 e. The Morgan fingerprint density at radius 2 is 1.96 bits per heavy atom. The summed E-state index contributed by atoms with van der Waals surface area (Å²) in [5.41, 5.74) is 0. The van der Waals surface area contributed by atoms with Gasteiger partial charge in [-0.2, -0.15) is 0 Å². The first-order valence-corrected chi connectivity index (χ1v) is 9.41. The number of hydrogen-bond donors (Lipinski definition) is 2. The summed E-state index contributed by atoms with van der Waals surface area (Å²) < 4.78 is 5.12. The average molecular weight is 347 g/mol. The number of carbonyl (C=O) groups excluding carboxylic acids is 2. The molecule has 1 aromatic heterocycles. The second-order valence-electron chi connectivity index (χ2n) is 7.62. The number of nitrogens with one attached hydrogen (secondary N) is 2. The number of nitrogens with zero attached hydrogens (tertiary/aromatic N) is 1. The minimum atomic E-state index is -0.520. The first kappa shape index (κ1) is 18.0. The van der Waals surface area contributed by atoms with Crippen LogP contribution in [0.5, 0.6) is 0 Å². The minimum absolute atomic E-state index is 0.00977. The highest BCUT2D eigenvalue weighted by Crippen LogP contribution is 2.28. The molecule has 6 heteroatoms. The number of amides is 2. The van der Waals surface area contributed by atoms with Gasteiger partial charge in [-0.3, -0.25) is 9.59 Å². The Labute approximate surface area is 149 Å². The molecule has 2 aliphatic rings. The van der Waals surface area contributed by atoms with Crippen molar-refractivity contribution >= 4 is 11.8 Å². The maximum Gasteiger partial charge on any atom is 0.287 e. The third-order valence-corrected chi connectivity index (χ3v) is 5.16. The number of piperidine rings is 1. The molecule has 0 aromatic carbocycles. The Kier molecular flexibility index (Phi) is 5.78. The molecule has 138 valence electrons. The van der Waals surface area contributed by atoms with Gasteiger partial charge in [0.2, 0.25) is 5.91 Å². The molecule has 6 nitrogen and oxygen atoms in total. The molecule has 0 bridgehead atoms. The van der Waals surface area contributed by atoms with E-state index < -0.39 is 6.04 Å². The van der Waals surface area contributed by atoms with Gasteiger partial charge in [-0.05, 0) is 56.2 Å². The van der Waals surface area contributed by atoms with Crippen LogP contribution in [0.3, 0.4) is 0 Å². The fourth-order valence-corrected chi connectivity index (χ4v) is 3.29. The van der Waals surface area contributed by atoms with E-state index in [1.807, 2.05) is 18.7 Å². The van der Waals surface area contributed by atoms with Crippen LogP contribution in [0, 0.1) is 11.8 Å². The highest BCUT2D eigenvalue weighted by molar-refractivity contribution is 5.95. The Morgan fingerprint density at radius 1 is 1.24 bits per heavy atom. The summed E-state index contributed by atoms with van der Waals surface area (Å²) in [6.07, 6.45) is 6.14. The third kappa shape index (κ3) is 4.84. The van der Waals surface area contributed by atoms with Crippen LogP contribution in [-0.2, 0) is 4.79 Å². The molecular formula is C19H29N3O3. The Bertz CT molecular complexity index is 573. The fourth-order valence-electron chi connectivity index (χ4n) is 3.29. The monoisotopic (exact) mass is 347 g/mol. The maximum absolute atomic E-state index is 12.9. The molecule has 1 atom stereocenters. The molecule has 3 rings (SSSR count). The van der Waals surface area contributed by atoms with E-state index in [4.69, 9.17) is 4.42 Å². The summed E-state index contributed by atoms with van der Waals surface area (Å²) >= 11 is 0. The van der Waals surface area contributed by atoms with Crippen LogP contribution in [0.1, 0.15) is 50.1 Å². The molecular weight excluding hydrogens is 318 g/mol. The fraction of sp³-hybridized carbons (Fsp3) is 0.684. The Morgan fingerprint density at radius 3 is 2.52 bits per heavy atom. The van der Waals surface area contributed by atoms with Crippen molar-refractivity contribution in [3.63, 3.8) is 0 Å². The number of carbonyl (C=O) groups is 2. The summed E-state index contributed by atoms with van der Waals surface area (Å²) in [5.74, 6) is 0.814. The van der Waals surface area contributed by atoms with Crippen LogP contribution in [0.15, 0.2) is 22.8 Å². The second kappa shape index (κ2) is 8.04. The van der Waals surface area contributed by atoms with E-state index in [2.05, 4.69) is 10.6 Å². The highest BCUT2D eigenvalue weighted by atomic mass is 16.3. The van der Waals surface area contributed by atoms with E-state index >= 15 is 0 Å². The van der Waals surface area contributed by atoms with E-state index in [1.165, 1.54) is 19.1 Å². The lowest BCUT2D eigenvalue weighted by atomic mass is 9.99. The zero-order chi connectivity index (χ0) is 17.8. The predicted octanol–water partition coefficient (Wildman–Crippen LogP) is 2.02. The lowest BCUT2D eigenvalue weighted by molar-refractivity contribution is -0.135. The molecule has 1 aliphatic carbocycles. The largest absolute Gasteiger partial charge is 0.459 e. The molecule has 0 radical (unpaired) electrons. The second-order valence-corrected chi connectivity index (χ2v) is 7.62. The molecule has 1 saturated carbocycles.